The van der Waals surface area contributed by atoms with E-state index in [1.54, 1.807) is 30.3 Å². The predicted octanol–water partition coefficient (Wildman–Crippen LogP) is 4.91. The maximum Gasteiger partial charge on any atom is 0.292 e. The molecule has 3 aromatic rings. The Morgan fingerprint density at radius 3 is 2.54 bits per heavy atom. The second-order valence-electron chi connectivity index (χ2n) is 10.5. The molecule has 1 saturated heterocycles. The smallest absolute Gasteiger partial charge is 0.292 e. The van der Waals surface area contributed by atoms with E-state index >= 15 is 0 Å². The van der Waals surface area contributed by atoms with Crippen LogP contribution in [0.5, 0.6) is 5.75 Å². The summed E-state index contributed by atoms with van der Waals surface area (Å²) < 4.78 is 7.93. The number of benzene rings is 2. The Morgan fingerprint density at radius 2 is 1.86 bits per heavy atom. The highest BCUT2D eigenvalue weighted by Gasteiger charge is 2.30. The van der Waals surface area contributed by atoms with Crippen LogP contribution in [0.1, 0.15) is 67.6 Å². The fraction of sp³-hybridized carbons (Fsp3) is 0.448. The van der Waals surface area contributed by atoms with Gasteiger partial charge in [-0.05, 0) is 94.6 Å². The van der Waals surface area contributed by atoms with Crippen molar-refractivity contribution < 1.29 is 19.4 Å². The highest BCUT2D eigenvalue weighted by Crippen LogP contribution is 2.34. The standard InChI is InChI=1S/C29H34ClN3O4/c1-18(2)33-14-11-19-15-20(5-9-25(19)33)28(35)29(36)31-24(17-32-12-3-4-13-32)27(34)21-6-10-26(23(30)16-21)37-22-7-8-22/h5-6,9-11,14-16,18,22,24,27,34H,3-4,7-8,12-13,17H2,1-2H3,(H,31,36)/t24-,27-/m1/s1. The zero-order valence-corrected chi connectivity index (χ0v) is 22.1. The van der Waals surface area contributed by atoms with Crippen molar-refractivity contribution in [2.75, 3.05) is 19.6 Å². The van der Waals surface area contributed by atoms with Gasteiger partial charge in [-0.25, -0.2) is 0 Å². The van der Waals surface area contributed by atoms with E-state index in [1.807, 2.05) is 18.3 Å². The summed E-state index contributed by atoms with van der Waals surface area (Å²) in [6.07, 6.45) is 5.36. The first-order chi connectivity index (χ1) is 17.8. The minimum atomic E-state index is -1.03. The molecule has 0 radical (unpaired) electrons. The van der Waals surface area contributed by atoms with Crippen molar-refractivity contribution in [3.63, 3.8) is 0 Å². The van der Waals surface area contributed by atoms with Crippen molar-refractivity contribution in [2.24, 2.45) is 0 Å². The van der Waals surface area contributed by atoms with Crippen LogP contribution >= 0.6 is 11.6 Å². The van der Waals surface area contributed by atoms with Gasteiger partial charge >= 0.3 is 0 Å². The lowest BCUT2D eigenvalue weighted by atomic mass is 10.0. The number of carbonyl (C=O) groups is 2. The lowest BCUT2D eigenvalue weighted by molar-refractivity contribution is -0.118. The van der Waals surface area contributed by atoms with E-state index in [0.29, 0.717) is 28.4 Å². The number of hydrogen-bond acceptors (Lipinski definition) is 5. The van der Waals surface area contributed by atoms with Crippen LogP contribution in [0.2, 0.25) is 5.02 Å². The second kappa shape index (κ2) is 10.9. The van der Waals surface area contributed by atoms with Crippen molar-refractivity contribution >= 4 is 34.2 Å². The molecule has 2 fully saturated rings. The highest BCUT2D eigenvalue weighted by molar-refractivity contribution is 6.43. The molecule has 1 aliphatic carbocycles. The number of nitrogens with one attached hydrogen (secondary N) is 1. The number of aromatic nitrogens is 1. The van der Waals surface area contributed by atoms with Crippen LogP contribution in [-0.4, -0.2) is 58.0 Å². The van der Waals surface area contributed by atoms with Crippen molar-refractivity contribution in [1.82, 2.24) is 14.8 Å². The monoisotopic (exact) mass is 523 g/mol. The van der Waals surface area contributed by atoms with Gasteiger partial charge in [0.05, 0.1) is 17.2 Å². The second-order valence-corrected chi connectivity index (χ2v) is 10.9. The van der Waals surface area contributed by atoms with Crippen LogP contribution in [0.25, 0.3) is 10.9 Å². The van der Waals surface area contributed by atoms with Crippen LogP contribution in [0.15, 0.2) is 48.7 Å². The molecule has 8 heteroatoms. The normalized spacial score (nSPS) is 17.8. The molecule has 2 atom stereocenters. The lowest BCUT2D eigenvalue weighted by Crippen LogP contribution is -2.48. The topological polar surface area (TPSA) is 83.8 Å². The molecular formula is C29H34ClN3O4. The Balaban J connectivity index is 1.33. The van der Waals surface area contributed by atoms with E-state index in [0.717, 1.165) is 49.7 Å². The summed E-state index contributed by atoms with van der Waals surface area (Å²) >= 11 is 6.44. The third-order valence-electron chi connectivity index (χ3n) is 7.21. The maximum atomic E-state index is 13.1. The summed E-state index contributed by atoms with van der Waals surface area (Å²) in [5.41, 5.74) is 1.91. The number of amides is 1. The Bertz CT molecular complexity index is 1290. The first-order valence-electron chi connectivity index (χ1n) is 13.1. The fourth-order valence-corrected chi connectivity index (χ4v) is 5.22. The number of ketones is 1. The zero-order chi connectivity index (χ0) is 26.1. The van der Waals surface area contributed by atoms with Crippen molar-refractivity contribution in [3.8, 4) is 5.75 Å². The van der Waals surface area contributed by atoms with Gasteiger partial charge in [-0.15, -0.1) is 0 Å². The molecule has 196 valence electrons. The molecule has 2 aromatic carbocycles. The fourth-order valence-electron chi connectivity index (χ4n) is 4.98. The number of nitrogens with zero attached hydrogens (tertiary/aromatic N) is 2. The predicted molar refractivity (Wildman–Crippen MR) is 144 cm³/mol. The van der Waals surface area contributed by atoms with E-state index in [4.69, 9.17) is 16.3 Å². The van der Waals surface area contributed by atoms with Crippen LogP contribution < -0.4 is 10.1 Å². The van der Waals surface area contributed by atoms with Gasteiger partial charge in [-0.3, -0.25) is 9.59 Å². The first kappa shape index (κ1) is 25.8. The number of aliphatic hydroxyl groups excluding tert-OH is 1. The number of ether oxygens (including phenoxy) is 1. The Labute approximate surface area is 222 Å². The molecule has 0 spiro atoms. The van der Waals surface area contributed by atoms with Gasteiger partial charge in [0.15, 0.2) is 0 Å². The quantitative estimate of drug-likeness (QED) is 0.291. The third kappa shape index (κ3) is 5.84. The van der Waals surface area contributed by atoms with Gasteiger partial charge in [0.25, 0.3) is 5.91 Å². The minimum absolute atomic E-state index is 0.213. The van der Waals surface area contributed by atoms with E-state index in [9.17, 15) is 14.7 Å². The number of fused-ring (bicyclic) bond motifs is 1. The molecule has 1 aliphatic heterocycles. The Hall–Kier alpha value is -2.87. The van der Waals surface area contributed by atoms with Gasteiger partial charge in [-0.1, -0.05) is 17.7 Å². The molecule has 37 heavy (non-hydrogen) atoms. The van der Waals surface area contributed by atoms with Crippen LogP contribution in [0, 0.1) is 0 Å². The minimum Gasteiger partial charge on any atom is -0.489 e. The van der Waals surface area contributed by atoms with Crippen LogP contribution in [0.3, 0.4) is 0 Å². The Morgan fingerprint density at radius 1 is 1.11 bits per heavy atom. The SMILES string of the molecule is CC(C)n1ccc2cc(C(=O)C(=O)N[C@H](CN3CCCC3)[C@H](O)c3ccc(OC4CC4)c(Cl)c3)ccc21. The highest BCUT2D eigenvalue weighted by atomic mass is 35.5. The molecule has 2 aliphatic rings. The summed E-state index contributed by atoms with van der Waals surface area (Å²) in [6.45, 7) is 6.42. The number of rotatable bonds is 10. The number of likely N-dealkylation sites (tertiary alicyclic amines) is 1. The summed E-state index contributed by atoms with van der Waals surface area (Å²) in [5.74, 6) is -0.758. The van der Waals surface area contributed by atoms with E-state index in [-0.39, 0.29) is 12.1 Å². The Kier molecular flexibility index (Phi) is 7.56. The number of carbonyl (C=O) groups excluding carboxylic acids is 2. The summed E-state index contributed by atoms with van der Waals surface area (Å²) in [7, 11) is 0. The molecule has 2 heterocycles. The number of hydrogen-bond donors (Lipinski definition) is 2. The molecule has 1 saturated carbocycles. The number of halogens is 1. The molecule has 2 N–H and O–H groups in total. The van der Waals surface area contributed by atoms with Crippen molar-refractivity contribution in [3.05, 3.63) is 64.8 Å². The molecule has 1 amide bonds. The van der Waals surface area contributed by atoms with Crippen molar-refractivity contribution in [1.29, 1.82) is 0 Å². The van der Waals surface area contributed by atoms with Gasteiger partial charge in [-0.2, -0.15) is 0 Å². The largest absolute Gasteiger partial charge is 0.489 e. The summed E-state index contributed by atoms with van der Waals surface area (Å²) in [4.78, 5) is 28.4. The molecule has 0 bridgehead atoms. The van der Waals surface area contributed by atoms with Crippen molar-refractivity contribution in [2.45, 2.75) is 63.8 Å². The zero-order valence-electron chi connectivity index (χ0n) is 21.3. The van der Waals surface area contributed by atoms with E-state index in [1.165, 1.54) is 0 Å². The van der Waals surface area contributed by atoms with Crippen LogP contribution in [-0.2, 0) is 4.79 Å². The van der Waals surface area contributed by atoms with Crippen LogP contribution in [0.4, 0.5) is 0 Å². The number of aliphatic hydroxyl groups is 1. The summed E-state index contributed by atoms with van der Waals surface area (Å²) in [5, 5.41) is 15.5. The molecule has 1 aromatic heterocycles. The van der Waals surface area contributed by atoms with Gasteiger partial charge in [0.2, 0.25) is 5.78 Å². The molecule has 7 nitrogen and oxygen atoms in total. The first-order valence-corrected chi connectivity index (χ1v) is 13.5. The summed E-state index contributed by atoms with van der Waals surface area (Å²) in [6, 6.07) is 12.1. The lowest BCUT2D eigenvalue weighted by Gasteiger charge is -2.28. The molecule has 0 unspecified atom stereocenters. The van der Waals surface area contributed by atoms with Gasteiger partial charge in [0, 0.05) is 35.2 Å². The van der Waals surface area contributed by atoms with E-state index < -0.39 is 23.8 Å². The van der Waals surface area contributed by atoms with E-state index in [2.05, 4.69) is 28.6 Å². The average Bonchev–Trinajstić information content (AvgIpc) is 3.36. The maximum absolute atomic E-state index is 13.1. The number of Topliss-reactive ketones (excluding diaryl/α,β-unsaturated/α-hetero) is 1. The molecular weight excluding hydrogens is 490 g/mol. The van der Waals surface area contributed by atoms with Gasteiger partial charge < -0.3 is 24.6 Å². The molecule has 5 rings (SSSR count). The van der Waals surface area contributed by atoms with Gasteiger partial charge in [0.1, 0.15) is 11.9 Å². The third-order valence-corrected chi connectivity index (χ3v) is 7.51. The average molecular weight is 524 g/mol.